The third-order valence-corrected chi connectivity index (χ3v) is 5.75. The molecule has 1 atom stereocenters. The van der Waals surface area contributed by atoms with E-state index in [1.807, 2.05) is 18.2 Å². The Labute approximate surface area is 151 Å². The van der Waals surface area contributed by atoms with Gasteiger partial charge in [0.15, 0.2) is 0 Å². The van der Waals surface area contributed by atoms with E-state index in [1.54, 1.807) is 7.11 Å². The summed E-state index contributed by atoms with van der Waals surface area (Å²) in [7, 11) is -1.74. The third-order valence-electron chi connectivity index (χ3n) is 4.44. The van der Waals surface area contributed by atoms with Gasteiger partial charge in [-0.05, 0) is 37.9 Å². The average Bonchev–Trinajstić information content (AvgIpc) is 3.14. The smallest absolute Gasteiger partial charge is 0.213 e. The molecule has 1 aliphatic rings. The zero-order valence-electron chi connectivity index (χ0n) is 15.0. The Kier molecular flexibility index (Phi) is 8.84. The molecule has 1 N–H and O–H groups in total. The number of hydrogen-bond acceptors (Lipinski definition) is 5. The van der Waals surface area contributed by atoms with Gasteiger partial charge in [-0.25, -0.2) is 13.1 Å². The topological polar surface area (TPSA) is 67.9 Å². The molecule has 7 heteroatoms. The van der Waals surface area contributed by atoms with Crippen molar-refractivity contribution in [3.05, 3.63) is 35.9 Å². The molecule has 142 valence electrons. The van der Waals surface area contributed by atoms with Crippen molar-refractivity contribution < 1.29 is 17.9 Å². The quantitative estimate of drug-likeness (QED) is 0.561. The maximum atomic E-state index is 12.2. The molecule has 1 aromatic carbocycles. The van der Waals surface area contributed by atoms with E-state index in [0.717, 1.165) is 19.5 Å². The van der Waals surface area contributed by atoms with E-state index in [0.29, 0.717) is 19.8 Å². The van der Waals surface area contributed by atoms with Crippen LogP contribution in [-0.4, -0.2) is 71.7 Å². The van der Waals surface area contributed by atoms with Crippen LogP contribution in [0.2, 0.25) is 0 Å². The molecule has 1 fully saturated rings. The molecule has 6 nitrogen and oxygen atoms in total. The first-order valence-corrected chi connectivity index (χ1v) is 10.6. The Bertz CT molecular complexity index is 574. The first-order valence-electron chi connectivity index (χ1n) is 8.93. The minimum atomic E-state index is -3.33. The van der Waals surface area contributed by atoms with Crippen molar-refractivity contribution >= 4 is 10.0 Å². The lowest BCUT2D eigenvalue weighted by atomic mass is 10.1. The fourth-order valence-electron chi connectivity index (χ4n) is 3.03. The van der Waals surface area contributed by atoms with Crippen LogP contribution in [0.15, 0.2) is 30.3 Å². The van der Waals surface area contributed by atoms with Gasteiger partial charge in [-0.1, -0.05) is 30.3 Å². The molecule has 0 amide bonds. The molecule has 0 saturated carbocycles. The molecule has 1 aromatic rings. The van der Waals surface area contributed by atoms with E-state index in [-0.39, 0.29) is 18.4 Å². The number of methoxy groups -OCH3 is 1. The van der Waals surface area contributed by atoms with Gasteiger partial charge in [0.1, 0.15) is 0 Å². The molecule has 1 saturated heterocycles. The third kappa shape index (κ3) is 7.83. The van der Waals surface area contributed by atoms with Crippen LogP contribution in [0, 0.1) is 0 Å². The second-order valence-corrected chi connectivity index (χ2v) is 8.29. The summed E-state index contributed by atoms with van der Waals surface area (Å²) >= 11 is 0. The van der Waals surface area contributed by atoms with E-state index in [4.69, 9.17) is 9.47 Å². The summed E-state index contributed by atoms with van der Waals surface area (Å²) < 4.78 is 37.3. The predicted molar refractivity (Wildman–Crippen MR) is 99.2 cm³/mol. The van der Waals surface area contributed by atoms with Gasteiger partial charge < -0.3 is 9.47 Å². The Balaban J connectivity index is 1.83. The van der Waals surface area contributed by atoms with E-state index in [9.17, 15) is 8.42 Å². The number of nitrogens with one attached hydrogen (secondary N) is 1. The summed E-state index contributed by atoms with van der Waals surface area (Å²) in [6, 6.07) is 10.4. The van der Waals surface area contributed by atoms with E-state index < -0.39 is 10.0 Å². The zero-order valence-corrected chi connectivity index (χ0v) is 15.8. The second-order valence-electron chi connectivity index (χ2n) is 6.36. The Morgan fingerprint density at radius 2 is 1.84 bits per heavy atom. The van der Waals surface area contributed by atoms with Gasteiger partial charge in [0.25, 0.3) is 0 Å². The molecule has 0 radical (unpaired) electrons. The van der Waals surface area contributed by atoms with Crippen molar-refractivity contribution in [2.24, 2.45) is 0 Å². The lowest BCUT2D eigenvalue weighted by molar-refractivity contribution is 0.0784. The molecule has 1 heterocycles. The summed E-state index contributed by atoms with van der Waals surface area (Å²) in [5, 5.41) is 0. The first kappa shape index (κ1) is 20.3. The van der Waals surface area contributed by atoms with Gasteiger partial charge in [-0.15, -0.1) is 0 Å². The number of nitrogens with zero attached hydrogens (tertiary/aromatic N) is 1. The van der Waals surface area contributed by atoms with Crippen molar-refractivity contribution in [2.45, 2.75) is 25.3 Å². The Hall–Kier alpha value is -0.990. The van der Waals surface area contributed by atoms with Gasteiger partial charge in [-0.3, -0.25) is 4.90 Å². The molecular weight excluding hydrogens is 340 g/mol. The highest BCUT2D eigenvalue weighted by Crippen LogP contribution is 2.15. The van der Waals surface area contributed by atoms with Gasteiger partial charge in [0, 0.05) is 19.7 Å². The first-order chi connectivity index (χ1) is 12.1. The van der Waals surface area contributed by atoms with E-state index in [2.05, 4.69) is 21.8 Å². The van der Waals surface area contributed by atoms with Crippen molar-refractivity contribution in [3.8, 4) is 0 Å². The molecule has 0 aliphatic carbocycles. The average molecular weight is 371 g/mol. The summed E-state index contributed by atoms with van der Waals surface area (Å²) in [6.07, 6.45) is 3.23. The SMILES string of the molecule is COCCOCCS(=O)(=O)NCC(Cc1ccccc1)N1CCCC1. The van der Waals surface area contributed by atoms with Crippen LogP contribution >= 0.6 is 0 Å². The predicted octanol–water partition coefficient (Wildman–Crippen LogP) is 1.28. The summed E-state index contributed by atoms with van der Waals surface area (Å²) in [6.45, 7) is 3.60. The standard InChI is InChI=1S/C18H30N2O4S/c1-23-11-12-24-13-14-25(21,22)19-16-18(20-9-5-6-10-20)15-17-7-3-2-4-8-17/h2-4,7-8,18-19H,5-6,9-16H2,1H3. The van der Waals surface area contributed by atoms with Crippen molar-refractivity contribution in [1.82, 2.24) is 9.62 Å². The number of benzene rings is 1. The molecule has 25 heavy (non-hydrogen) atoms. The zero-order chi connectivity index (χ0) is 18.0. The number of ether oxygens (including phenoxy) is 2. The monoisotopic (exact) mass is 370 g/mol. The molecule has 1 unspecified atom stereocenters. The van der Waals surface area contributed by atoms with Crippen molar-refractivity contribution in [2.75, 3.05) is 52.3 Å². The highest BCUT2D eigenvalue weighted by molar-refractivity contribution is 7.89. The second kappa shape index (κ2) is 10.9. The molecule has 0 spiro atoms. The number of sulfonamides is 1. The molecule has 0 aromatic heterocycles. The summed E-state index contributed by atoms with van der Waals surface area (Å²) in [4.78, 5) is 2.39. The van der Waals surface area contributed by atoms with Gasteiger partial charge in [0.2, 0.25) is 10.0 Å². The number of rotatable bonds is 12. The van der Waals surface area contributed by atoms with Crippen LogP contribution < -0.4 is 4.72 Å². The van der Waals surface area contributed by atoms with Crippen LogP contribution in [-0.2, 0) is 25.9 Å². The van der Waals surface area contributed by atoms with Crippen LogP contribution in [0.25, 0.3) is 0 Å². The van der Waals surface area contributed by atoms with Crippen LogP contribution in [0.5, 0.6) is 0 Å². The van der Waals surface area contributed by atoms with Gasteiger partial charge in [0.05, 0.1) is 25.6 Å². The number of likely N-dealkylation sites (tertiary alicyclic amines) is 1. The van der Waals surface area contributed by atoms with Gasteiger partial charge in [-0.2, -0.15) is 0 Å². The Morgan fingerprint density at radius 3 is 2.52 bits per heavy atom. The minimum Gasteiger partial charge on any atom is -0.382 e. The van der Waals surface area contributed by atoms with Crippen molar-refractivity contribution in [1.29, 1.82) is 0 Å². The molecule has 1 aliphatic heterocycles. The highest BCUT2D eigenvalue weighted by atomic mass is 32.2. The molecular formula is C18H30N2O4S. The van der Waals surface area contributed by atoms with E-state index >= 15 is 0 Å². The summed E-state index contributed by atoms with van der Waals surface area (Å²) in [5.41, 5.74) is 1.24. The highest BCUT2D eigenvalue weighted by Gasteiger charge is 2.23. The fraction of sp³-hybridized carbons (Fsp3) is 0.667. The van der Waals surface area contributed by atoms with Crippen LogP contribution in [0.4, 0.5) is 0 Å². The summed E-state index contributed by atoms with van der Waals surface area (Å²) in [5.74, 6) is -0.0191. The van der Waals surface area contributed by atoms with Crippen LogP contribution in [0.1, 0.15) is 18.4 Å². The lowest BCUT2D eigenvalue weighted by Gasteiger charge is -2.28. The van der Waals surface area contributed by atoms with E-state index in [1.165, 1.54) is 18.4 Å². The lowest BCUT2D eigenvalue weighted by Crippen LogP contribution is -2.44. The number of hydrogen-bond donors (Lipinski definition) is 1. The molecule has 0 bridgehead atoms. The Morgan fingerprint density at radius 1 is 1.12 bits per heavy atom. The normalized spacial score (nSPS) is 17.0. The fourth-order valence-corrected chi connectivity index (χ4v) is 3.96. The van der Waals surface area contributed by atoms with Crippen molar-refractivity contribution in [3.63, 3.8) is 0 Å². The van der Waals surface area contributed by atoms with Crippen LogP contribution in [0.3, 0.4) is 0 Å². The largest absolute Gasteiger partial charge is 0.382 e. The molecule has 2 rings (SSSR count). The minimum absolute atomic E-state index is 0.0191. The van der Waals surface area contributed by atoms with Gasteiger partial charge >= 0.3 is 0 Å². The maximum Gasteiger partial charge on any atom is 0.213 e. The maximum absolute atomic E-state index is 12.2.